The predicted molar refractivity (Wildman–Crippen MR) is 109 cm³/mol. The van der Waals surface area contributed by atoms with Crippen LogP contribution in [0.4, 0.5) is 0 Å². The number of hydrogen-bond donors (Lipinski definition) is 2. The molecular weight excluding hydrogens is 376 g/mol. The Morgan fingerprint density at radius 2 is 1.82 bits per heavy atom. The number of carboxylic acids is 1. The van der Waals surface area contributed by atoms with Crippen LogP contribution in [0.1, 0.15) is 52.0 Å². The van der Waals surface area contributed by atoms with E-state index in [2.05, 4.69) is 16.9 Å². The average molecular weight is 397 g/mol. The molecule has 144 valence electrons. The third kappa shape index (κ3) is 4.49. The number of nitrogens with zero attached hydrogens (tertiary/aromatic N) is 1. The van der Waals surface area contributed by atoms with E-state index >= 15 is 0 Å². The average Bonchev–Trinajstić information content (AvgIpc) is 3.07. The number of carboxylic acid groups (broad SMARTS) is 1. The molecule has 3 aromatic rings. The van der Waals surface area contributed by atoms with Gasteiger partial charge < -0.3 is 10.1 Å². The van der Waals surface area contributed by atoms with E-state index in [0.717, 1.165) is 36.2 Å². The van der Waals surface area contributed by atoms with Crippen LogP contribution < -0.4 is 0 Å². The molecule has 0 aliphatic heterocycles. The number of aryl methyl sites for hydroxylation is 1. The number of nitrogens with one attached hydrogen (secondary N) is 1. The minimum Gasteiger partial charge on any atom is -0.478 e. The van der Waals surface area contributed by atoms with Crippen molar-refractivity contribution in [1.29, 1.82) is 0 Å². The van der Waals surface area contributed by atoms with Crippen LogP contribution in [-0.4, -0.2) is 26.8 Å². The number of aromatic amines is 1. The molecule has 28 heavy (non-hydrogen) atoms. The van der Waals surface area contributed by atoms with Crippen LogP contribution in [-0.2, 0) is 12.8 Å². The fraction of sp³-hybridized carbons (Fsp3) is 0.227. The highest BCUT2D eigenvalue weighted by atomic mass is 35.5. The topological polar surface area (TPSA) is 83.1 Å². The summed E-state index contributed by atoms with van der Waals surface area (Å²) in [6.07, 6.45) is 2.97. The third-order valence-electron chi connectivity index (χ3n) is 4.53. The van der Waals surface area contributed by atoms with E-state index in [0.29, 0.717) is 5.56 Å². The smallest absolute Gasteiger partial charge is 0.336 e. The molecule has 5 nitrogen and oxygen atoms in total. The number of Topliss-reactive ketones (excluding diaryl/α,β-unsaturated/α-hetero) is 1. The van der Waals surface area contributed by atoms with Crippen molar-refractivity contribution in [2.24, 2.45) is 0 Å². The van der Waals surface area contributed by atoms with Crippen molar-refractivity contribution in [2.75, 3.05) is 0 Å². The number of hydrogen-bond acceptors (Lipinski definition) is 3. The molecular formula is C22H21ClN2O3. The van der Waals surface area contributed by atoms with Crippen LogP contribution in [0.25, 0.3) is 11.1 Å². The molecule has 0 saturated heterocycles. The molecule has 1 aromatic heterocycles. The zero-order valence-corrected chi connectivity index (χ0v) is 16.3. The molecule has 0 bridgehead atoms. The molecule has 0 saturated carbocycles. The Kier molecular flexibility index (Phi) is 6.26. The van der Waals surface area contributed by atoms with Crippen LogP contribution >= 0.6 is 11.6 Å². The van der Waals surface area contributed by atoms with Gasteiger partial charge in [0.1, 0.15) is 16.7 Å². The lowest BCUT2D eigenvalue weighted by Crippen LogP contribution is -2.05. The summed E-state index contributed by atoms with van der Waals surface area (Å²) in [6, 6.07) is 14.1. The standard InChI is InChI=1S/C22H21ClN2O3/c1-2-3-8-19-24-20(21(23)25-19)18(26)13-14-9-11-15(12-10-14)16-6-4-5-7-17(16)22(27)28/h4-7,9-12H,2-3,8,13H2,1H3,(H,24,25)(H,27,28). The van der Waals surface area contributed by atoms with Gasteiger partial charge in [0, 0.05) is 12.8 Å². The maximum Gasteiger partial charge on any atom is 0.336 e. The Hall–Kier alpha value is -2.92. The number of aromatic nitrogens is 2. The highest BCUT2D eigenvalue weighted by Crippen LogP contribution is 2.25. The summed E-state index contributed by atoms with van der Waals surface area (Å²) in [7, 11) is 0. The molecule has 6 heteroatoms. The zero-order chi connectivity index (χ0) is 20.1. The van der Waals surface area contributed by atoms with Crippen LogP contribution in [0.15, 0.2) is 48.5 Å². The number of rotatable bonds is 8. The molecule has 0 fully saturated rings. The van der Waals surface area contributed by atoms with E-state index in [1.807, 2.05) is 24.3 Å². The van der Waals surface area contributed by atoms with Gasteiger partial charge in [0.2, 0.25) is 0 Å². The van der Waals surface area contributed by atoms with Gasteiger partial charge in [0.25, 0.3) is 0 Å². The van der Waals surface area contributed by atoms with E-state index in [1.54, 1.807) is 24.3 Å². The minimum atomic E-state index is -0.970. The fourth-order valence-corrected chi connectivity index (χ4v) is 3.29. The maximum atomic E-state index is 12.6. The van der Waals surface area contributed by atoms with Crippen LogP contribution in [0.3, 0.4) is 0 Å². The molecule has 1 heterocycles. The lowest BCUT2D eigenvalue weighted by Gasteiger charge is -2.07. The molecule has 2 aromatic carbocycles. The first-order valence-corrected chi connectivity index (χ1v) is 9.56. The van der Waals surface area contributed by atoms with Gasteiger partial charge in [0.05, 0.1) is 5.56 Å². The lowest BCUT2D eigenvalue weighted by molar-refractivity contribution is 0.0697. The molecule has 0 radical (unpaired) electrons. The molecule has 2 N–H and O–H groups in total. The Morgan fingerprint density at radius 1 is 1.11 bits per heavy atom. The van der Waals surface area contributed by atoms with Gasteiger partial charge in [-0.25, -0.2) is 9.78 Å². The van der Waals surface area contributed by atoms with Gasteiger partial charge in [0.15, 0.2) is 5.78 Å². The van der Waals surface area contributed by atoms with Gasteiger partial charge >= 0.3 is 5.97 Å². The van der Waals surface area contributed by atoms with Gasteiger partial charge in [-0.2, -0.15) is 0 Å². The van der Waals surface area contributed by atoms with Gasteiger partial charge in [-0.1, -0.05) is 67.4 Å². The minimum absolute atomic E-state index is 0.150. The van der Waals surface area contributed by atoms with Gasteiger partial charge in [-0.3, -0.25) is 4.79 Å². The third-order valence-corrected chi connectivity index (χ3v) is 4.80. The number of carbonyl (C=O) groups excluding carboxylic acids is 1. The summed E-state index contributed by atoms with van der Waals surface area (Å²) in [5, 5.41) is 9.62. The largest absolute Gasteiger partial charge is 0.478 e. The number of halogens is 1. The Morgan fingerprint density at radius 3 is 2.50 bits per heavy atom. The molecule has 0 aliphatic carbocycles. The second-order valence-corrected chi connectivity index (χ2v) is 6.98. The molecule has 0 aliphatic rings. The molecule has 0 spiro atoms. The molecule has 3 rings (SSSR count). The maximum absolute atomic E-state index is 12.6. The summed E-state index contributed by atoms with van der Waals surface area (Å²) in [5.74, 6) is -0.389. The monoisotopic (exact) mass is 396 g/mol. The molecule has 0 atom stereocenters. The van der Waals surface area contributed by atoms with Gasteiger partial charge in [-0.05, 0) is 29.2 Å². The van der Waals surface area contributed by atoms with E-state index in [1.165, 1.54) is 0 Å². The lowest BCUT2D eigenvalue weighted by atomic mass is 9.97. The van der Waals surface area contributed by atoms with Crippen LogP contribution in [0.2, 0.25) is 5.15 Å². The van der Waals surface area contributed by atoms with E-state index < -0.39 is 5.97 Å². The van der Waals surface area contributed by atoms with Crippen molar-refractivity contribution < 1.29 is 14.7 Å². The van der Waals surface area contributed by atoms with Crippen LogP contribution in [0, 0.1) is 0 Å². The van der Waals surface area contributed by atoms with Crippen molar-refractivity contribution in [1.82, 2.24) is 9.97 Å². The number of ketones is 1. The number of benzene rings is 2. The first-order chi connectivity index (χ1) is 13.5. The predicted octanol–water partition coefficient (Wildman–Crippen LogP) is 5.20. The SMILES string of the molecule is CCCCc1nc(C(=O)Cc2ccc(-c3ccccc3C(=O)O)cc2)c(Cl)[nH]1. The van der Waals surface area contributed by atoms with Crippen molar-refractivity contribution in [3.05, 3.63) is 76.3 Å². The first-order valence-electron chi connectivity index (χ1n) is 9.18. The number of carbonyl (C=O) groups is 2. The number of imidazole rings is 1. The summed E-state index contributed by atoms with van der Waals surface area (Å²) in [5.41, 5.74) is 2.76. The van der Waals surface area contributed by atoms with Crippen molar-refractivity contribution in [3.8, 4) is 11.1 Å². The van der Waals surface area contributed by atoms with E-state index in [4.69, 9.17) is 11.6 Å². The number of aromatic carboxylic acids is 1. The second-order valence-electron chi connectivity index (χ2n) is 6.60. The van der Waals surface area contributed by atoms with E-state index in [9.17, 15) is 14.7 Å². The fourth-order valence-electron chi connectivity index (χ4n) is 3.04. The van der Waals surface area contributed by atoms with Gasteiger partial charge in [-0.15, -0.1) is 0 Å². The Labute approximate surface area is 168 Å². The number of unbranched alkanes of at least 4 members (excludes halogenated alkanes) is 1. The van der Waals surface area contributed by atoms with Crippen LogP contribution in [0.5, 0.6) is 0 Å². The van der Waals surface area contributed by atoms with E-state index in [-0.39, 0.29) is 28.6 Å². The summed E-state index contributed by atoms with van der Waals surface area (Å²) in [4.78, 5) is 31.3. The molecule has 0 amide bonds. The first kappa shape index (κ1) is 19.8. The summed E-state index contributed by atoms with van der Waals surface area (Å²) in [6.45, 7) is 2.09. The summed E-state index contributed by atoms with van der Waals surface area (Å²) < 4.78 is 0. The second kappa shape index (κ2) is 8.85. The Bertz CT molecular complexity index is 993. The Balaban J connectivity index is 1.75. The molecule has 0 unspecified atom stereocenters. The highest BCUT2D eigenvalue weighted by molar-refractivity contribution is 6.32. The quantitative estimate of drug-likeness (QED) is 0.513. The highest BCUT2D eigenvalue weighted by Gasteiger charge is 2.17. The van der Waals surface area contributed by atoms with Crippen molar-refractivity contribution in [2.45, 2.75) is 32.6 Å². The normalized spacial score (nSPS) is 10.8. The summed E-state index contributed by atoms with van der Waals surface area (Å²) >= 11 is 6.14. The zero-order valence-electron chi connectivity index (χ0n) is 15.5. The number of H-pyrrole nitrogens is 1. The van der Waals surface area contributed by atoms with Crippen molar-refractivity contribution in [3.63, 3.8) is 0 Å². The van der Waals surface area contributed by atoms with Crippen molar-refractivity contribution >= 4 is 23.4 Å².